The SMILES string of the molecule is CC(C)(C)OC(=O)[N+]1(C)CCN(C2c3ccc(Cl)cc3C(CNCCO)=Cc3cccnc32)CC1. The number of pyridine rings is 1. The van der Waals surface area contributed by atoms with E-state index >= 15 is 0 Å². The normalized spacial score (nSPS) is 19.8. The number of carbonyl (C=O) groups is 1. The number of benzene rings is 1. The number of halogens is 1. The van der Waals surface area contributed by atoms with Gasteiger partial charge in [0.25, 0.3) is 0 Å². The highest BCUT2D eigenvalue weighted by Crippen LogP contribution is 2.40. The van der Waals surface area contributed by atoms with Gasteiger partial charge in [0.1, 0.15) is 18.7 Å². The molecule has 1 fully saturated rings. The van der Waals surface area contributed by atoms with Gasteiger partial charge in [-0.25, -0.2) is 4.48 Å². The number of rotatable bonds is 5. The first-order chi connectivity index (χ1) is 16.6. The molecule has 2 heterocycles. The average molecular weight is 500 g/mol. The number of nitrogens with one attached hydrogen (secondary N) is 1. The molecule has 2 aromatic rings. The summed E-state index contributed by atoms with van der Waals surface area (Å²) in [6.45, 7) is 9.72. The molecule has 1 unspecified atom stereocenters. The quantitative estimate of drug-likeness (QED) is 0.479. The van der Waals surface area contributed by atoms with E-state index < -0.39 is 5.60 Å². The van der Waals surface area contributed by atoms with Crippen molar-refractivity contribution in [2.24, 2.45) is 0 Å². The molecule has 7 nitrogen and oxygen atoms in total. The van der Waals surface area contributed by atoms with Crippen LogP contribution in [0.5, 0.6) is 0 Å². The molecule has 1 amide bonds. The van der Waals surface area contributed by atoms with E-state index in [0.717, 1.165) is 41.0 Å². The number of ether oxygens (including phenoxy) is 1. The first-order valence-electron chi connectivity index (χ1n) is 12.2. The minimum atomic E-state index is -0.510. The zero-order valence-electron chi connectivity index (χ0n) is 21.1. The van der Waals surface area contributed by atoms with Gasteiger partial charge in [0.05, 0.1) is 25.4 Å². The van der Waals surface area contributed by atoms with Gasteiger partial charge in [-0.1, -0.05) is 23.7 Å². The topological polar surface area (TPSA) is 74.7 Å². The number of piperazine rings is 1. The predicted molar refractivity (Wildman–Crippen MR) is 139 cm³/mol. The monoisotopic (exact) mass is 499 g/mol. The van der Waals surface area contributed by atoms with Crippen LogP contribution in [0.1, 0.15) is 49.2 Å². The number of hydrogen-bond donors (Lipinski definition) is 2. The van der Waals surface area contributed by atoms with Crippen LogP contribution in [-0.2, 0) is 4.74 Å². The maximum atomic E-state index is 12.9. The van der Waals surface area contributed by atoms with Crippen molar-refractivity contribution in [3.63, 3.8) is 0 Å². The number of quaternary nitrogens is 1. The number of likely N-dealkylation sites (N-methyl/N-ethyl adjacent to an activating group) is 1. The van der Waals surface area contributed by atoms with Gasteiger partial charge in [0.15, 0.2) is 0 Å². The lowest BCUT2D eigenvalue weighted by Gasteiger charge is -2.42. The number of aromatic nitrogens is 1. The van der Waals surface area contributed by atoms with E-state index in [0.29, 0.717) is 31.2 Å². The lowest BCUT2D eigenvalue weighted by atomic mass is 9.93. The summed E-state index contributed by atoms with van der Waals surface area (Å²) in [5.74, 6) is 0. The van der Waals surface area contributed by atoms with Crippen LogP contribution in [0, 0.1) is 0 Å². The third kappa shape index (κ3) is 5.76. The summed E-state index contributed by atoms with van der Waals surface area (Å²) in [6, 6.07) is 10.1. The van der Waals surface area contributed by atoms with Crippen molar-refractivity contribution in [3.05, 3.63) is 63.9 Å². The van der Waals surface area contributed by atoms with E-state index in [-0.39, 0.29) is 23.2 Å². The summed E-state index contributed by atoms with van der Waals surface area (Å²) < 4.78 is 5.98. The molecule has 188 valence electrons. The Morgan fingerprint density at radius 2 is 2.03 bits per heavy atom. The lowest BCUT2D eigenvalue weighted by Crippen LogP contribution is -2.61. The summed E-state index contributed by atoms with van der Waals surface area (Å²) in [7, 11) is 1.96. The fraction of sp³-hybridized carbons (Fsp3) is 0.481. The van der Waals surface area contributed by atoms with Crippen LogP contribution < -0.4 is 5.32 Å². The Bertz CT molecular complexity index is 1100. The Morgan fingerprint density at radius 3 is 2.71 bits per heavy atom. The van der Waals surface area contributed by atoms with Crippen LogP contribution in [0.4, 0.5) is 4.79 Å². The second kappa shape index (κ2) is 10.4. The maximum absolute atomic E-state index is 12.9. The molecule has 1 aliphatic carbocycles. The van der Waals surface area contributed by atoms with E-state index in [1.54, 1.807) is 0 Å². The lowest BCUT2D eigenvalue weighted by molar-refractivity contribution is -0.844. The molecule has 1 aromatic heterocycles. The fourth-order valence-electron chi connectivity index (χ4n) is 4.79. The molecule has 1 atom stereocenters. The van der Waals surface area contributed by atoms with Gasteiger partial charge in [0.2, 0.25) is 0 Å². The van der Waals surface area contributed by atoms with Crippen LogP contribution in [0.25, 0.3) is 11.6 Å². The summed E-state index contributed by atoms with van der Waals surface area (Å²) in [5.41, 5.74) is 4.91. The number of aliphatic hydroxyl groups is 1. The second-order valence-electron chi connectivity index (χ2n) is 10.5. The highest BCUT2D eigenvalue weighted by atomic mass is 35.5. The van der Waals surface area contributed by atoms with Crippen LogP contribution in [0.15, 0.2) is 36.5 Å². The summed E-state index contributed by atoms with van der Waals surface area (Å²) in [5, 5.41) is 13.2. The standard InChI is InChI=1S/C27H36ClN4O3/c1-27(2,3)35-26(34)32(4)13-11-31(12-14-32)25-22-8-7-21(28)17-23(22)20(18-29-10-15-33)16-19-6-5-9-30-24(19)25/h5-9,16-17,25,29,33H,10-15,18H2,1-4H3/q+1. The van der Waals surface area contributed by atoms with Gasteiger partial charge < -0.3 is 15.2 Å². The van der Waals surface area contributed by atoms with Crippen molar-refractivity contribution in [1.82, 2.24) is 15.2 Å². The molecule has 1 aliphatic heterocycles. The Morgan fingerprint density at radius 1 is 1.29 bits per heavy atom. The first-order valence-corrected chi connectivity index (χ1v) is 12.6. The third-order valence-corrected chi connectivity index (χ3v) is 6.92. The number of nitrogens with zero attached hydrogens (tertiary/aromatic N) is 3. The molecule has 0 spiro atoms. The van der Waals surface area contributed by atoms with Gasteiger partial charge in [-0.2, -0.15) is 4.79 Å². The minimum Gasteiger partial charge on any atom is -0.414 e. The molecule has 1 aromatic carbocycles. The van der Waals surface area contributed by atoms with Crippen molar-refractivity contribution in [1.29, 1.82) is 0 Å². The molecule has 2 aliphatic rings. The molecule has 4 rings (SSSR count). The molecular weight excluding hydrogens is 464 g/mol. The molecule has 0 radical (unpaired) electrons. The fourth-order valence-corrected chi connectivity index (χ4v) is 4.96. The molecule has 1 saturated heterocycles. The zero-order valence-corrected chi connectivity index (χ0v) is 21.8. The summed E-state index contributed by atoms with van der Waals surface area (Å²) in [4.78, 5) is 20.2. The van der Waals surface area contributed by atoms with E-state index in [1.165, 1.54) is 0 Å². The van der Waals surface area contributed by atoms with Crippen LogP contribution in [0.2, 0.25) is 5.02 Å². The molecule has 8 heteroatoms. The second-order valence-corrected chi connectivity index (χ2v) is 11.0. The first kappa shape index (κ1) is 25.8. The van der Waals surface area contributed by atoms with Gasteiger partial charge in [-0.3, -0.25) is 9.88 Å². The van der Waals surface area contributed by atoms with Crippen molar-refractivity contribution in [2.45, 2.75) is 32.4 Å². The van der Waals surface area contributed by atoms with E-state index in [1.807, 2.05) is 52.2 Å². The van der Waals surface area contributed by atoms with Crippen LogP contribution >= 0.6 is 11.6 Å². The van der Waals surface area contributed by atoms with Crippen molar-refractivity contribution in [2.75, 3.05) is 52.9 Å². The Balaban J connectivity index is 1.68. The number of amides is 1. The smallest absolute Gasteiger partial charge is 0.414 e. The van der Waals surface area contributed by atoms with Crippen molar-refractivity contribution < 1.29 is 19.1 Å². The Labute approximate surface area is 212 Å². The van der Waals surface area contributed by atoms with E-state index in [9.17, 15) is 9.90 Å². The van der Waals surface area contributed by atoms with Crippen LogP contribution in [0.3, 0.4) is 0 Å². The minimum absolute atomic E-state index is 0.0579. The van der Waals surface area contributed by atoms with E-state index in [2.05, 4.69) is 28.4 Å². The molecule has 0 bridgehead atoms. The third-order valence-electron chi connectivity index (χ3n) is 6.68. The summed E-state index contributed by atoms with van der Waals surface area (Å²) in [6.07, 6.45) is 3.84. The number of aliphatic hydroxyl groups excluding tert-OH is 1. The molecular formula is C27H36ClN4O3+. The summed E-state index contributed by atoms with van der Waals surface area (Å²) >= 11 is 6.46. The highest BCUT2D eigenvalue weighted by molar-refractivity contribution is 6.30. The number of hydrogen-bond acceptors (Lipinski definition) is 6. The van der Waals surface area contributed by atoms with Crippen LogP contribution in [-0.4, -0.2) is 84.1 Å². The average Bonchev–Trinajstić information content (AvgIpc) is 2.93. The Hall–Kier alpha value is -2.29. The van der Waals surface area contributed by atoms with Crippen molar-refractivity contribution >= 4 is 29.3 Å². The maximum Gasteiger partial charge on any atom is 0.516 e. The largest absolute Gasteiger partial charge is 0.516 e. The van der Waals surface area contributed by atoms with Gasteiger partial charge in [-0.05, 0) is 67.3 Å². The van der Waals surface area contributed by atoms with Gasteiger partial charge in [-0.15, -0.1) is 0 Å². The number of fused-ring (bicyclic) bond motifs is 2. The van der Waals surface area contributed by atoms with Crippen molar-refractivity contribution in [3.8, 4) is 0 Å². The predicted octanol–water partition coefficient (Wildman–Crippen LogP) is 3.96. The Kier molecular flexibility index (Phi) is 7.64. The molecule has 0 saturated carbocycles. The van der Waals surface area contributed by atoms with Gasteiger partial charge >= 0.3 is 6.09 Å². The zero-order chi connectivity index (χ0) is 25.2. The highest BCUT2D eigenvalue weighted by Gasteiger charge is 2.42. The number of carbonyl (C=O) groups excluding carboxylic acids is 1. The van der Waals surface area contributed by atoms with E-state index in [4.69, 9.17) is 21.3 Å². The molecule has 2 N–H and O–H groups in total. The van der Waals surface area contributed by atoms with Gasteiger partial charge in [0, 0.05) is 37.4 Å². The molecule has 35 heavy (non-hydrogen) atoms.